The quantitative estimate of drug-likeness (QED) is 0.877. The van der Waals surface area contributed by atoms with Gasteiger partial charge in [0.2, 0.25) is 0 Å². The van der Waals surface area contributed by atoms with Gasteiger partial charge in [-0.05, 0) is 32.5 Å². The second-order valence-electron chi connectivity index (χ2n) is 5.34. The maximum atomic E-state index is 12.2. The molecule has 0 atom stereocenters. The first-order valence-corrected chi connectivity index (χ1v) is 6.76. The van der Waals surface area contributed by atoms with Crippen LogP contribution in [0.1, 0.15) is 27.2 Å². The van der Waals surface area contributed by atoms with Crippen LogP contribution in [0.15, 0.2) is 24.3 Å². The number of benzene rings is 1. The number of aromatic amines is 1. The lowest BCUT2D eigenvalue weighted by atomic mass is 10.1. The van der Waals surface area contributed by atoms with Gasteiger partial charge in [-0.25, -0.2) is 0 Å². The van der Waals surface area contributed by atoms with Crippen LogP contribution in [-0.4, -0.2) is 34.6 Å². The van der Waals surface area contributed by atoms with E-state index in [0.717, 1.165) is 36.3 Å². The Morgan fingerprint density at radius 1 is 1.45 bits per heavy atom. The van der Waals surface area contributed by atoms with Crippen molar-refractivity contribution in [3.8, 4) is 0 Å². The van der Waals surface area contributed by atoms with E-state index in [-0.39, 0.29) is 5.91 Å². The van der Waals surface area contributed by atoms with Crippen molar-refractivity contribution in [2.75, 3.05) is 18.9 Å². The molecule has 0 saturated carbocycles. The number of nitrogens with zero attached hydrogens (tertiary/aromatic N) is 2. The summed E-state index contributed by atoms with van der Waals surface area (Å²) >= 11 is 0. The molecule has 0 unspecified atom stereocenters. The third kappa shape index (κ3) is 2.44. The van der Waals surface area contributed by atoms with Gasteiger partial charge in [-0.2, -0.15) is 5.10 Å². The molecule has 0 aliphatic carbocycles. The van der Waals surface area contributed by atoms with Gasteiger partial charge in [0.05, 0.1) is 5.69 Å². The molecule has 104 valence electrons. The van der Waals surface area contributed by atoms with Gasteiger partial charge in [0.25, 0.3) is 5.91 Å². The standard InChI is InChI=1S/C15H18N4O/c1-10-4-3-5-11(8-10)15(20)16-14-12-6-7-19(2)9-13(12)17-18-14/h3-5,8H,6-7,9H2,1-2H3,(H2,16,17,18,20). The molecular weight excluding hydrogens is 252 g/mol. The first kappa shape index (κ1) is 12.9. The summed E-state index contributed by atoms with van der Waals surface area (Å²) in [5.74, 6) is 0.557. The zero-order valence-electron chi connectivity index (χ0n) is 11.7. The van der Waals surface area contributed by atoms with E-state index in [9.17, 15) is 4.79 Å². The smallest absolute Gasteiger partial charge is 0.256 e. The van der Waals surface area contributed by atoms with Crippen molar-refractivity contribution in [3.63, 3.8) is 0 Å². The molecule has 20 heavy (non-hydrogen) atoms. The minimum absolute atomic E-state index is 0.109. The van der Waals surface area contributed by atoms with E-state index < -0.39 is 0 Å². The van der Waals surface area contributed by atoms with Gasteiger partial charge in [0.15, 0.2) is 5.82 Å². The van der Waals surface area contributed by atoms with Gasteiger partial charge in [0, 0.05) is 24.2 Å². The number of hydrogen-bond donors (Lipinski definition) is 2. The largest absolute Gasteiger partial charge is 0.305 e. The molecular formula is C15H18N4O. The Bertz CT molecular complexity index is 647. The molecule has 3 rings (SSSR count). The van der Waals surface area contributed by atoms with Gasteiger partial charge in [-0.1, -0.05) is 17.7 Å². The Kier molecular flexibility index (Phi) is 3.28. The molecule has 5 heteroatoms. The predicted molar refractivity (Wildman–Crippen MR) is 77.8 cm³/mol. The lowest BCUT2D eigenvalue weighted by molar-refractivity contribution is 0.102. The van der Waals surface area contributed by atoms with Crippen LogP contribution in [0, 0.1) is 6.92 Å². The van der Waals surface area contributed by atoms with Crippen molar-refractivity contribution < 1.29 is 4.79 Å². The molecule has 2 N–H and O–H groups in total. The Labute approximate surface area is 118 Å². The average molecular weight is 270 g/mol. The molecule has 0 spiro atoms. The maximum Gasteiger partial charge on any atom is 0.256 e. The number of nitrogens with one attached hydrogen (secondary N) is 2. The summed E-state index contributed by atoms with van der Waals surface area (Å²) in [6.45, 7) is 3.81. The van der Waals surface area contributed by atoms with Crippen molar-refractivity contribution in [1.82, 2.24) is 15.1 Å². The zero-order chi connectivity index (χ0) is 14.1. The Morgan fingerprint density at radius 2 is 2.30 bits per heavy atom. The topological polar surface area (TPSA) is 61.0 Å². The number of carbonyl (C=O) groups excluding carboxylic acids is 1. The van der Waals surface area contributed by atoms with Crippen molar-refractivity contribution in [2.24, 2.45) is 0 Å². The summed E-state index contributed by atoms with van der Waals surface area (Å²) in [4.78, 5) is 14.5. The number of aromatic nitrogens is 2. The van der Waals surface area contributed by atoms with Gasteiger partial charge < -0.3 is 10.2 Å². The minimum Gasteiger partial charge on any atom is -0.305 e. The van der Waals surface area contributed by atoms with Crippen LogP contribution >= 0.6 is 0 Å². The van der Waals surface area contributed by atoms with E-state index in [1.54, 1.807) is 0 Å². The average Bonchev–Trinajstić information content (AvgIpc) is 2.81. The molecule has 1 aromatic carbocycles. The third-order valence-corrected chi connectivity index (χ3v) is 3.64. The number of aryl methyl sites for hydroxylation is 1. The molecule has 0 fully saturated rings. The van der Waals surface area contributed by atoms with Crippen LogP contribution in [0.3, 0.4) is 0 Å². The second-order valence-corrected chi connectivity index (χ2v) is 5.34. The molecule has 1 amide bonds. The molecule has 1 aromatic heterocycles. The van der Waals surface area contributed by atoms with Gasteiger partial charge in [0.1, 0.15) is 0 Å². The van der Waals surface area contributed by atoms with Gasteiger partial charge in [-0.3, -0.25) is 9.89 Å². The third-order valence-electron chi connectivity index (χ3n) is 3.64. The first-order valence-electron chi connectivity index (χ1n) is 6.76. The van der Waals surface area contributed by atoms with E-state index in [1.165, 1.54) is 0 Å². The van der Waals surface area contributed by atoms with E-state index in [1.807, 2.05) is 31.2 Å². The van der Waals surface area contributed by atoms with Crippen LogP contribution < -0.4 is 5.32 Å². The van der Waals surface area contributed by atoms with E-state index >= 15 is 0 Å². The monoisotopic (exact) mass is 270 g/mol. The normalized spacial score (nSPS) is 14.9. The fraction of sp³-hybridized carbons (Fsp3) is 0.333. The highest BCUT2D eigenvalue weighted by Crippen LogP contribution is 2.23. The zero-order valence-corrected chi connectivity index (χ0v) is 11.7. The van der Waals surface area contributed by atoms with Crippen molar-refractivity contribution in [3.05, 3.63) is 46.6 Å². The molecule has 0 radical (unpaired) electrons. The summed E-state index contributed by atoms with van der Waals surface area (Å²) in [6, 6.07) is 7.56. The summed E-state index contributed by atoms with van der Waals surface area (Å²) in [5, 5.41) is 10.2. The van der Waals surface area contributed by atoms with Crippen molar-refractivity contribution in [1.29, 1.82) is 0 Å². The molecule has 1 aliphatic rings. The maximum absolute atomic E-state index is 12.2. The molecule has 0 bridgehead atoms. The molecule has 2 aromatic rings. The number of anilines is 1. The molecule has 2 heterocycles. The number of amides is 1. The fourth-order valence-electron chi connectivity index (χ4n) is 2.52. The highest BCUT2D eigenvalue weighted by atomic mass is 16.1. The Hall–Kier alpha value is -2.14. The predicted octanol–water partition coefficient (Wildman–Crippen LogP) is 1.96. The van der Waals surface area contributed by atoms with Crippen molar-refractivity contribution in [2.45, 2.75) is 19.9 Å². The van der Waals surface area contributed by atoms with Gasteiger partial charge in [-0.15, -0.1) is 0 Å². The van der Waals surface area contributed by atoms with Gasteiger partial charge >= 0.3 is 0 Å². The SMILES string of the molecule is Cc1cccc(C(=O)Nc2n[nH]c3c2CCN(C)C3)c1. The Morgan fingerprint density at radius 3 is 3.10 bits per heavy atom. The molecule has 1 aliphatic heterocycles. The summed E-state index contributed by atoms with van der Waals surface area (Å²) < 4.78 is 0. The van der Waals surface area contributed by atoms with Crippen molar-refractivity contribution >= 4 is 11.7 Å². The number of fused-ring (bicyclic) bond motifs is 1. The lowest BCUT2D eigenvalue weighted by Crippen LogP contribution is -2.26. The highest BCUT2D eigenvalue weighted by Gasteiger charge is 2.21. The number of H-pyrrole nitrogens is 1. The van der Waals surface area contributed by atoms with E-state index in [0.29, 0.717) is 11.4 Å². The van der Waals surface area contributed by atoms with Crippen LogP contribution in [0.5, 0.6) is 0 Å². The fourth-order valence-corrected chi connectivity index (χ4v) is 2.52. The number of rotatable bonds is 2. The highest BCUT2D eigenvalue weighted by molar-refractivity contribution is 6.04. The lowest BCUT2D eigenvalue weighted by Gasteiger charge is -2.21. The number of hydrogen-bond acceptors (Lipinski definition) is 3. The summed E-state index contributed by atoms with van der Waals surface area (Å²) in [5.41, 5.74) is 3.96. The molecule has 0 saturated heterocycles. The van der Waals surface area contributed by atoms with E-state index in [4.69, 9.17) is 0 Å². The second kappa shape index (κ2) is 5.09. The summed E-state index contributed by atoms with van der Waals surface area (Å²) in [6.07, 6.45) is 0.908. The van der Waals surface area contributed by atoms with E-state index in [2.05, 4.69) is 27.5 Å². The number of likely N-dealkylation sites (N-methyl/N-ethyl adjacent to an activating group) is 1. The summed E-state index contributed by atoms with van der Waals surface area (Å²) in [7, 11) is 2.08. The first-order chi connectivity index (χ1) is 9.63. The number of carbonyl (C=O) groups is 1. The minimum atomic E-state index is -0.109. The van der Waals surface area contributed by atoms with Crippen LogP contribution in [0.2, 0.25) is 0 Å². The Balaban J connectivity index is 1.80. The van der Waals surface area contributed by atoms with Crippen LogP contribution in [0.25, 0.3) is 0 Å². The van der Waals surface area contributed by atoms with Crippen LogP contribution in [-0.2, 0) is 13.0 Å². The molecule has 5 nitrogen and oxygen atoms in total. The van der Waals surface area contributed by atoms with Crippen LogP contribution in [0.4, 0.5) is 5.82 Å².